The topological polar surface area (TPSA) is 55.4 Å². The lowest BCUT2D eigenvalue weighted by molar-refractivity contribution is -0.138. The average Bonchev–Trinajstić information content (AvgIpc) is 2.64. The number of halogens is 1. The smallest absolute Gasteiger partial charge is 0.330 e. The fourth-order valence-electron chi connectivity index (χ4n) is 2.23. The minimum atomic E-state index is -0.511. The first-order valence-electron chi connectivity index (χ1n) is 8.45. The summed E-state index contributed by atoms with van der Waals surface area (Å²) in [5, 5.41) is 2.72. The van der Waals surface area contributed by atoms with Gasteiger partial charge in [-0.05, 0) is 42.7 Å². The highest BCUT2D eigenvalue weighted by molar-refractivity contribution is 5.87. The third-order valence-corrected chi connectivity index (χ3v) is 3.71. The molecule has 2 rings (SSSR count). The first-order chi connectivity index (χ1) is 12.5. The third-order valence-electron chi connectivity index (χ3n) is 3.71. The molecule has 5 heteroatoms. The van der Waals surface area contributed by atoms with Crippen molar-refractivity contribution in [1.29, 1.82) is 0 Å². The van der Waals surface area contributed by atoms with Crippen LogP contribution in [0.25, 0.3) is 6.08 Å². The van der Waals surface area contributed by atoms with Crippen molar-refractivity contribution in [2.45, 2.75) is 19.8 Å². The largest absolute Gasteiger partial charge is 0.461 e. The molecule has 0 saturated carbocycles. The van der Waals surface area contributed by atoms with Crippen molar-refractivity contribution in [3.05, 3.63) is 77.1 Å². The van der Waals surface area contributed by atoms with Gasteiger partial charge in [-0.25, -0.2) is 9.18 Å². The Morgan fingerprint density at radius 2 is 1.77 bits per heavy atom. The van der Waals surface area contributed by atoms with Gasteiger partial charge in [-0.3, -0.25) is 4.79 Å². The van der Waals surface area contributed by atoms with Gasteiger partial charge < -0.3 is 10.1 Å². The molecule has 0 aromatic heterocycles. The highest BCUT2D eigenvalue weighted by Crippen LogP contribution is 2.06. The third kappa shape index (κ3) is 7.30. The van der Waals surface area contributed by atoms with Gasteiger partial charge in [-0.2, -0.15) is 0 Å². The Labute approximate surface area is 152 Å². The molecule has 26 heavy (non-hydrogen) atoms. The van der Waals surface area contributed by atoms with Crippen LogP contribution in [-0.4, -0.2) is 25.0 Å². The van der Waals surface area contributed by atoms with Gasteiger partial charge in [0, 0.05) is 12.5 Å². The van der Waals surface area contributed by atoms with Crippen LogP contribution in [0.5, 0.6) is 0 Å². The van der Waals surface area contributed by atoms with Crippen LogP contribution in [0.15, 0.2) is 54.6 Å². The van der Waals surface area contributed by atoms with Gasteiger partial charge in [0.1, 0.15) is 12.4 Å². The molecule has 2 aromatic carbocycles. The van der Waals surface area contributed by atoms with E-state index in [4.69, 9.17) is 4.74 Å². The predicted molar refractivity (Wildman–Crippen MR) is 98.9 cm³/mol. The van der Waals surface area contributed by atoms with Crippen molar-refractivity contribution in [3.8, 4) is 0 Å². The number of ether oxygens (including phenoxy) is 1. The fourth-order valence-corrected chi connectivity index (χ4v) is 2.23. The first-order valence-corrected chi connectivity index (χ1v) is 8.45. The standard InChI is InChI=1S/C21H22FNO3/c1-16-2-4-17(5-3-16)8-12-20(24)23-14-15-26-21(25)13-9-18-6-10-19(22)11-7-18/h2-7,9-11,13H,8,12,14-15H2,1H3,(H,23,24)/b13-9+. The quantitative estimate of drug-likeness (QED) is 0.448. The zero-order valence-corrected chi connectivity index (χ0v) is 14.7. The van der Waals surface area contributed by atoms with E-state index in [0.29, 0.717) is 18.4 Å². The molecule has 1 amide bonds. The summed E-state index contributed by atoms with van der Waals surface area (Å²) >= 11 is 0. The van der Waals surface area contributed by atoms with Gasteiger partial charge >= 0.3 is 5.97 Å². The highest BCUT2D eigenvalue weighted by Gasteiger charge is 2.03. The number of benzene rings is 2. The van der Waals surface area contributed by atoms with Crippen molar-refractivity contribution in [1.82, 2.24) is 5.32 Å². The molecule has 0 aliphatic heterocycles. The molecule has 0 radical (unpaired) electrons. The Balaban J connectivity index is 1.60. The van der Waals surface area contributed by atoms with E-state index in [9.17, 15) is 14.0 Å². The molecular weight excluding hydrogens is 333 g/mol. The van der Waals surface area contributed by atoms with Crippen molar-refractivity contribution in [3.63, 3.8) is 0 Å². The summed E-state index contributed by atoms with van der Waals surface area (Å²) in [5.74, 6) is -0.922. The van der Waals surface area contributed by atoms with Crippen LogP contribution >= 0.6 is 0 Å². The second-order valence-electron chi connectivity index (χ2n) is 5.89. The molecule has 136 valence electrons. The molecular formula is C21H22FNO3. The molecule has 0 fully saturated rings. The minimum Gasteiger partial charge on any atom is -0.461 e. The molecule has 0 bridgehead atoms. The molecule has 0 aliphatic rings. The van der Waals surface area contributed by atoms with Crippen molar-refractivity contribution in [2.24, 2.45) is 0 Å². The summed E-state index contributed by atoms with van der Waals surface area (Å²) in [7, 11) is 0. The maximum absolute atomic E-state index is 12.8. The van der Waals surface area contributed by atoms with Crippen LogP contribution in [0, 0.1) is 12.7 Å². The number of rotatable bonds is 8. The SMILES string of the molecule is Cc1ccc(CCC(=O)NCCOC(=O)/C=C/c2ccc(F)cc2)cc1. The summed E-state index contributed by atoms with van der Waals surface area (Å²) in [6.45, 7) is 2.39. The molecule has 2 aromatic rings. The number of esters is 1. The lowest BCUT2D eigenvalue weighted by Crippen LogP contribution is -2.28. The van der Waals surface area contributed by atoms with Crippen LogP contribution in [0.3, 0.4) is 0 Å². The molecule has 1 N–H and O–H groups in total. The van der Waals surface area contributed by atoms with E-state index in [1.807, 2.05) is 31.2 Å². The number of carbonyl (C=O) groups excluding carboxylic acids is 2. The second kappa shape index (κ2) is 10.1. The van der Waals surface area contributed by atoms with Crippen LogP contribution in [-0.2, 0) is 20.7 Å². The second-order valence-corrected chi connectivity index (χ2v) is 5.89. The molecule has 0 spiro atoms. The van der Waals surface area contributed by atoms with Gasteiger partial charge in [0.25, 0.3) is 0 Å². The van der Waals surface area contributed by atoms with E-state index in [0.717, 1.165) is 5.56 Å². The van der Waals surface area contributed by atoms with E-state index in [1.54, 1.807) is 18.2 Å². The number of hydrogen-bond donors (Lipinski definition) is 1. The minimum absolute atomic E-state index is 0.0801. The molecule has 0 saturated heterocycles. The lowest BCUT2D eigenvalue weighted by atomic mass is 10.1. The predicted octanol–water partition coefficient (Wildman–Crippen LogP) is 3.44. The van der Waals surface area contributed by atoms with Gasteiger partial charge in [-0.1, -0.05) is 42.0 Å². The van der Waals surface area contributed by atoms with E-state index in [2.05, 4.69) is 5.32 Å². The zero-order valence-electron chi connectivity index (χ0n) is 14.7. The van der Waals surface area contributed by atoms with Crippen molar-refractivity contribution < 1.29 is 18.7 Å². The Bertz CT molecular complexity index is 752. The number of aryl methyl sites for hydroxylation is 2. The van der Waals surface area contributed by atoms with Gasteiger partial charge in [0.2, 0.25) is 5.91 Å². The molecule has 4 nitrogen and oxygen atoms in total. The number of nitrogens with one attached hydrogen (secondary N) is 1. The Kier molecular flexibility index (Phi) is 7.55. The summed E-state index contributed by atoms with van der Waals surface area (Å²) in [4.78, 5) is 23.3. The van der Waals surface area contributed by atoms with Gasteiger partial charge in [0.15, 0.2) is 0 Å². The van der Waals surface area contributed by atoms with Crippen molar-refractivity contribution in [2.75, 3.05) is 13.2 Å². The molecule has 0 aliphatic carbocycles. The highest BCUT2D eigenvalue weighted by atomic mass is 19.1. The van der Waals surface area contributed by atoms with Crippen molar-refractivity contribution >= 4 is 18.0 Å². The van der Waals surface area contributed by atoms with Crippen LogP contribution in [0.4, 0.5) is 4.39 Å². The van der Waals surface area contributed by atoms with Crippen LogP contribution < -0.4 is 5.32 Å². The Hall–Kier alpha value is -2.95. The lowest BCUT2D eigenvalue weighted by Gasteiger charge is -2.06. The van der Waals surface area contributed by atoms with Crippen LogP contribution in [0.1, 0.15) is 23.1 Å². The fraction of sp³-hybridized carbons (Fsp3) is 0.238. The summed E-state index contributed by atoms with van der Waals surface area (Å²) in [5.41, 5.74) is 3.00. The first kappa shape index (κ1) is 19.4. The summed E-state index contributed by atoms with van der Waals surface area (Å²) in [6.07, 6.45) is 3.88. The number of hydrogen-bond acceptors (Lipinski definition) is 3. The summed E-state index contributed by atoms with van der Waals surface area (Å²) in [6, 6.07) is 13.8. The normalized spacial score (nSPS) is 10.7. The number of carbonyl (C=O) groups is 2. The average molecular weight is 355 g/mol. The summed E-state index contributed by atoms with van der Waals surface area (Å²) < 4.78 is 17.8. The Morgan fingerprint density at radius 1 is 1.08 bits per heavy atom. The molecule has 0 unspecified atom stereocenters. The van der Waals surface area contributed by atoms with Gasteiger partial charge in [0.05, 0.1) is 6.54 Å². The molecule has 0 heterocycles. The number of amides is 1. The molecule has 0 atom stereocenters. The van der Waals surface area contributed by atoms with Gasteiger partial charge in [-0.15, -0.1) is 0 Å². The zero-order chi connectivity index (χ0) is 18.8. The monoisotopic (exact) mass is 355 g/mol. The van der Waals surface area contributed by atoms with E-state index in [-0.39, 0.29) is 24.9 Å². The maximum atomic E-state index is 12.8. The van der Waals surface area contributed by atoms with E-state index < -0.39 is 5.97 Å². The maximum Gasteiger partial charge on any atom is 0.330 e. The van der Waals surface area contributed by atoms with E-state index in [1.165, 1.54) is 23.8 Å². The Morgan fingerprint density at radius 3 is 2.46 bits per heavy atom. The van der Waals surface area contributed by atoms with Crippen LogP contribution in [0.2, 0.25) is 0 Å². The van der Waals surface area contributed by atoms with E-state index >= 15 is 0 Å².